The van der Waals surface area contributed by atoms with Gasteiger partial charge in [0.1, 0.15) is 11.4 Å². The molecule has 0 spiro atoms. The van der Waals surface area contributed by atoms with Gasteiger partial charge in [-0.15, -0.1) is 0 Å². The van der Waals surface area contributed by atoms with Gasteiger partial charge in [0.25, 0.3) is 0 Å². The van der Waals surface area contributed by atoms with Gasteiger partial charge in [-0.05, 0) is 20.4 Å². The Balaban J connectivity index is 3.31. The van der Waals surface area contributed by atoms with E-state index in [0.717, 1.165) is 0 Å². The zero-order valence-corrected chi connectivity index (χ0v) is 11.0. The van der Waals surface area contributed by atoms with Crippen molar-refractivity contribution in [1.29, 1.82) is 0 Å². The van der Waals surface area contributed by atoms with E-state index in [2.05, 4.69) is 10.4 Å². The molecule has 6 heteroatoms. The summed E-state index contributed by atoms with van der Waals surface area (Å²) in [5.74, 6) is 0.0400. The fourth-order valence-electron chi connectivity index (χ4n) is 2.02. The van der Waals surface area contributed by atoms with E-state index >= 15 is 0 Å². The van der Waals surface area contributed by atoms with Crippen molar-refractivity contribution in [2.24, 2.45) is 7.05 Å². The van der Waals surface area contributed by atoms with Crippen molar-refractivity contribution >= 4 is 5.69 Å². The number of hydrogen-bond donors (Lipinski definition) is 1. The second kappa shape index (κ2) is 5.27. The first-order valence-electron chi connectivity index (χ1n) is 5.81. The van der Waals surface area contributed by atoms with Gasteiger partial charge in [0.05, 0.1) is 4.92 Å². The normalized spacial score (nSPS) is 14.6. The van der Waals surface area contributed by atoms with Crippen LogP contribution in [0.1, 0.15) is 38.1 Å². The predicted molar refractivity (Wildman–Crippen MR) is 66.2 cm³/mol. The smallest absolute Gasteiger partial charge is 0.313 e. The summed E-state index contributed by atoms with van der Waals surface area (Å²) in [5.41, 5.74) is 1.42. The fourth-order valence-corrected chi connectivity index (χ4v) is 2.02. The van der Waals surface area contributed by atoms with Crippen LogP contribution in [0.25, 0.3) is 0 Å². The van der Waals surface area contributed by atoms with Crippen LogP contribution in [-0.2, 0) is 13.5 Å². The van der Waals surface area contributed by atoms with E-state index in [1.54, 1.807) is 11.7 Å². The van der Waals surface area contributed by atoms with Crippen LogP contribution in [0, 0.1) is 10.1 Å². The topological polar surface area (TPSA) is 73.0 Å². The van der Waals surface area contributed by atoms with Crippen molar-refractivity contribution in [3.05, 3.63) is 21.5 Å². The molecule has 0 fully saturated rings. The SMILES string of the molecule is CCc1nn(C)c(C(C)C(C)NC)c1[N+](=O)[O-]. The monoisotopic (exact) mass is 240 g/mol. The van der Waals surface area contributed by atoms with Gasteiger partial charge in [-0.25, -0.2) is 0 Å². The number of likely N-dealkylation sites (N-methyl/N-ethyl adjacent to an activating group) is 1. The van der Waals surface area contributed by atoms with Crippen molar-refractivity contribution in [2.45, 2.75) is 39.2 Å². The molecular formula is C11H20N4O2. The first-order valence-corrected chi connectivity index (χ1v) is 5.81. The third-order valence-corrected chi connectivity index (χ3v) is 3.29. The number of hydrogen-bond acceptors (Lipinski definition) is 4. The highest BCUT2D eigenvalue weighted by Crippen LogP contribution is 2.31. The molecule has 96 valence electrons. The molecule has 2 atom stereocenters. The summed E-state index contributed by atoms with van der Waals surface area (Å²) in [7, 11) is 3.62. The average Bonchev–Trinajstić information content (AvgIpc) is 2.64. The summed E-state index contributed by atoms with van der Waals surface area (Å²) >= 11 is 0. The van der Waals surface area contributed by atoms with Crippen LogP contribution >= 0.6 is 0 Å². The highest BCUT2D eigenvalue weighted by Gasteiger charge is 2.30. The molecule has 0 saturated carbocycles. The van der Waals surface area contributed by atoms with E-state index in [1.165, 1.54) is 0 Å². The molecule has 1 N–H and O–H groups in total. The third kappa shape index (κ3) is 2.46. The number of aromatic nitrogens is 2. The third-order valence-electron chi connectivity index (χ3n) is 3.29. The Morgan fingerprint density at radius 1 is 1.53 bits per heavy atom. The Hall–Kier alpha value is -1.43. The Labute approximate surface area is 101 Å². The highest BCUT2D eigenvalue weighted by atomic mass is 16.6. The summed E-state index contributed by atoms with van der Waals surface area (Å²) in [5, 5.41) is 18.5. The van der Waals surface area contributed by atoms with E-state index in [4.69, 9.17) is 0 Å². The minimum Gasteiger partial charge on any atom is -0.317 e. The van der Waals surface area contributed by atoms with Gasteiger partial charge in [-0.2, -0.15) is 5.10 Å². The van der Waals surface area contributed by atoms with Gasteiger partial charge in [-0.3, -0.25) is 14.8 Å². The number of nitro groups is 1. The maximum Gasteiger partial charge on any atom is 0.313 e. The van der Waals surface area contributed by atoms with Gasteiger partial charge >= 0.3 is 5.69 Å². The lowest BCUT2D eigenvalue weighted by molar-refractivity contribution is -0.386. The van der Waals surface area contributed by atoms with Crippen LogP contribution < -0.4 is 5.32 Å². The van der Waals surface area contributed by atoms with Crippen LogP contribution in [0.4, 0.5) is 5.69 Å². The van der Waals surface area contributed by atoms with Crippen molar-refractivity contribution in [2.75, 3.05) is 7.05 Å². The predicted octanol–water partition coefficient (Wildman–Crippen LogP) is 1.60. The Bertz CT molecular complexity index is 414. The molecule has 0 aliphatic rings. The second-order valence-electron chi connectivity index (χ2n) is 4.28. The molecule has 1 heterocycles. The lowest BCUT2D eigenvalue weighted by Crippen LogP contribution is -2.28. The van der Waals surface area contributed by atoms with E-state index in [-0.39, 0.29) is 22.6 Å². The lowest BCUT2D eigenvalue weighted by atomic mass is 9.98. The van der Waals surface area contributed by atoms with Crippen molar-refractivity contribution in [3.8, 4) is 0 Å². The summed E-state index contributed by atoms with van der Waals surface area (Å²) < 4.78 is 1.63. The first-order chi connectivity index (χ1) is 7.93. The van der Waals surface area contributed by atoms with E-state index in [0.29, 0.717) is 17.8 Å². The van der Waals surface area contributed by atoms with Gasteiger partial charge in [0.15, 0.2) is 0 Å². The first kappa shape index (κ1) is 13.6. The van der Waals surface area contributed by atoms with Crippen LogP contribution in [0.3, 0.4) is 0 Å². The molecule has 0 radical (unpaired) electrons. The Morgan fingerprint density at radius 2 is 2.12 bits per heavy atom. The number of nitrogens with one attached hydrogen (secondary N) is 1. The van der Waals surface area contributed by atoms with Crippen LogP contribution in [0.15, 0.2) is 0 Å². The van der Waals surface area contributed by atoms with Crippen molar-refractivity contribution in [3.63, 3.8) is 0 Å². The number of rotatable bonds is 5. The molecule has 1 rings (SSSR count). The van der Waals surface area contributed by atoms with E-state index < -0.39 is 0 Å². The molecule has 0 aromatic carbocycles. The highest BCUT2D eigenvalue weighted by molar-refractivity contribution is 5.43. The number of aryl methyl sites for hydroxylation is 2. The zero-order valence-electron chi connectivity index (χ0n) is 11.0. The summed E-state index contributed by atoms with van der Waals surface area (Å²) in [6, 6.07) is 0.161. The molecular weight excluding hydrogens is 220 g/mol. The minimum absolute atomic E-state index is 0.0400. The van der Waals surface area contributed by atoms with Gasteiger partial charge in [0, 0.05) is 19.0 Å². The maximum absolute atomic E-state index is 11.2. The molecule has 1 aromatic heterocycles. The van der Waals surface area contributed by atoms with Crippen molar-refractivity contribution < 1.29 is 4.92 Å². The van der Waals surface area contributed by atoms with Gasteiger partial charge in [-0.1, -0.05) is 13.8 Å². The summed E-state index contributed by atoms with van der Waals surface area (Å²) in [6.45, 7) is 5.86. The molecule has 0 amide bonds. The van der Waals surface area contributed by atoms with E-state index in [1.807, 2.05) is 27.8 Å². The van der Waals surface area contributed by atoms with E-state index in [9.17, 15) is 10.1 Å². The molecule has 0 bridgehead atoms. The standard InChI is InChI=1S/C11H20N4O2/c1-6-9-11(15(16)17)10(14(5)13-9)7(2)8(3)12-4/h7-8,12H,6H2,1-5H3. The van der Waals surface area contributed by atoms with Gasteiger partial charge in [0.2, 0.25) is 0 Å². The number of nitrogens with zero attached hydrogens (tertiary/aromatic N) is 3. The minimum atomic E-state index is -0.319. The van der Waals surface area contributed by atoms with Crippen molar-refractivity contribution in [1.82, 2.24) is 15.1 Å². The fraction of sp³-hybridized carbons (Fsp3) is 0.727. The molecule has 6 nitrogen and oxygen atoms in total. The maximum atomic E-state index is 11.2. The molecule has 17 heavy (non-hydrogen) atoms. The summed E-state index contributed by atoms with van der Waals surface area (Å²) in [4.78, 5) is 10.8. The second-order valence-corrected chi connectivity index (χ2v) is 4.28. The Kier molecular flexibility index (Phi) is 4.22. The zero-order chi connectivity index (χ0) is 13.2. The molecule has 0 saturated heterocycles. The molecule has 1 aromatic rings. The largest absolute Gasteiger partial charge is 0.317 e. The molecule has 2 unspecified atom stereocenters. The average molecular weight is 240 g/mol. The lowest BCUT2D eigenvalue weighted by Gasteiger charge is -2.18. The quantitative estimate of drug-likeness (QED) is 0.626. The molecule has 0 aliphatic heterocycles. The van der Waals surface area contributed by atoms with Gasteiger partial charge < -0.3 is 5.32 Å². The van der Waals surface area contributed by atoms with Crippen LogP contribution in [-0.4, -0.2) is 27.8 Å². The van der Waals surface area contributed by atoms with Crippen LogP contribution in [0.5, 0.6) is 0 Å². The summed E-state index contributed by atoms with van der Waals surface area (Å²) in [6.07, 6.45) is 0.574. The Morgan fingerprint density at radius 3 is 2.53 bits per heavy atom. The van der Waals surface area contributed by atoms with Crippen LogP contribution in [0.2, 0.25) is 0 Å². The molecule has 0 aliphatic carbocycles.